The normalized spacial score (nSPS) is 24.2. The lowest BCUT2D eigenvalue weighted by atomic mass is 9.88. The fourth-order valence-electron chi connectivity index (χ4n) is 1.99. The van der Waals surface area contributed by atoms with E-state index in [0.29, 0.717) is 0 Å². The van der Waals surface area contributed by atoms with Crippen LogP contribution in [0.3, 0.4) is 0 Å². The minimum Gasteiger partial charge on any atom is -0.495 e. The van der Waals surface area contributed by atoms with Crippen molar-refractivity contribution >= 4 is 5.69 Å². The van der Waals surface area contributed by atoms with Crippen molar-refractivity contribution < 1.29 is 9.84 Å². The maximum atomic E-state index is 9.34. The summed E-state index contributed by atoms with van der Waals surface area (Å²) in [6.07, 6.45) is 1.93. The highest BCUT2D eigenvalue weighted by Crippen LogP contribution is 2.36. The Kier molecular flexibility index (Phi) is 2.57. The lowest BCUT2D eigenvalue weighted by Gasteiger charge is -2.36. The van der Waals surface area contributed by atoms with Crippen LogP contribution in [0.1, 0.15) is 18.9 Å². The Balaban J connectivity index is 2.38. The Hall–Kier alpha value is -1.22. The van der Waals surface area contributed by atoms with Crippen molar-refractivity contribution in [2.75, 3.05) is 19.0 Å². The number of nitrogens with one attached hydrogen (secondary N) is 1. The number of hydrogen-bond acceptors (Lipinski definition) is 3. The summed E-state index contributed by atoms with van der Waals surface area (Å²) < 4.78 is 5.31. The molecule has 0 aromatic heterocycles. The second kappa shape index (κ2) is 3.74. The highest BCUT2D eigenvalue weighted by molar-refractivity contribution is 5.65. The zero-order valence-electron chi connectivity index (χ0n) is 9.21. The van der Waals surface area contributed by atoms with E-state index in [9.17, 15) is 5.11 Å². The molecule has 0 bridgehead atoms. The Morgan fingerprint density at radius 2 is 2.33 bits per heavy atom. The van der Waals surface area contributed by atoms with Gasteiger partial charge in [-0.1, -0.05) is 12.1 Å². The van der Waals surface area contributed by atoms with Crippen molar-refractivity contribution in [1.82, 2.24) is 0 Å². The van der Waals surface area contributed by atoms with Crippen LogP contribution >= 0.6 is 0 Å². The third-order valence-corrected chi connectivity index (χ3v) is 3.05. The van der Waals surface area contributed by atoms with Gasteiger partial charge in [0.15, 0.2) is 0 Å². The fourth-order valence-corrected chi connectivity index (χ4v) is 1.99. The molecule has 3 heteroatoms. The van der Waals surface area contributed by atoms with Gasteiger partial charge in [0.1, 0.15) is 5.75 Å². The van der Waals surface area contributed by atoms with Crippen molar-refractivity contribution in [2.24, 2.45) is 0 Å². The summed E-state index contributed by atoms with van der Waals surface area (Å²) in [5.74, 6) is 0.854. The summed E-state index contributed by atoms with van der Waals surface area (Å²) in [6.45, 7) is 2.17. The molecule has 0 saturated carbocycles. The molecule has 0 saturated heterocycles. The number of aliphatic hydroxyl groups excluding tert-OH is 1. The van der Waals surface area contributed by atoms with Crippen molar-refractivity contribution in [1.29, 1.82) is 0 Å². The van der Waals surface area contributed by atoms with Gasteiger partial charge in [0, 0.05) is 0 Å². The molecule has 1 aromatic rings. The number of fused-ring (bicyclic) bond motifs is 1. The number of ether oxygens (including phenoxy) is 1. The van der Waals surface area contributed by atoms with Gasteiger partial charge >= 0.3 is 0 Å². The number of benzene rings is 1. The molecule has 1 atom stereocenters. The van der Waals surface area contributed by atoms with E-state index >= 15 is 0 Å². The van der Waals surface area contributed by atoms with Gasteiger partial charge in [-0.2, -0.15) is 0 Å². The maximum absolute atomic E-state index is 9.34. The second-order valence-electron chi connectivity index (χ2n) is 4.34. The number of methoxy groups -OCH3 is 1. The first-order valence-corrected chi connectivity index (χ1v) is 5.23. The molecule has 3 nitrogen and oxygen atoms in total. The Morgan fingerprint density at radius 3 is 3.00 bits per heavy atom. The third-order valence-electron chi connectivity index (χ3n) is 3.05. The largest absolute Gasteiger partial charge is 0.495 e. The number of para-hydroxylation sites is 1. The number of hydrogen-bond donors (Lipinski definition) is 2. The average molecular weight is 207 g/mol. The quantitative estimate of drug-likeness (QED) is 0.777. The predicted octanol–water partition coefficient (Wildman–Crippen LogP) is 1.80. The molecule has 2 rings (SSSR count). The van der Waals surface area contributed by atoms with Gasteiger partial charge in [-0.3, -0.25) is 0 Å². The molecule has 1 heterocycles. The molecule has 2 N–H and O–H groups in total. The molecule has 0 amide bonds. The van der Waals surface area contributed by atoms with E-state index in [2.05, 4.69) is 11.4 Å². The van der Waals surface area contributed by atoms with Crippen molar-refractivity contribution in [3.8, 4) is 5.75 Å². The molecule has 1 aromatic carbocycles. The number of rotatable bonds is 2. The number of aryl methyl sites for hydroxylation is 1. The van der Waals surface area contributed by atoms with Crippen LogP contribution in [0.5, 0.6) is 5.75 Å². The average Bonchev–Trinajstić information content (AvgIpc) is 2.28. The van der Waals surface area contributed by atoms with Crippen LogP contribution in [0, 0.1) is 0 Å². The van der Waals surface area contributed by atoms with E-state index in [-0.39, 0.29) is 12.1 Å². The molecule has 0 fully saturated rings. The summed E-state index contributed by atoms with van der Waals surface area (Å²) in [5, 5.41) is 12.7. The molecule has 0 radical (unpaired) electrons. The summed E-state index contributed by atoms with van der Waals surface area (Å²) in [4.78, 5) is 0. The number of aliphatic hydroxyl groups is 1. The highest BCUT2D eigenvalue weighted by Gasteiger charge is 2.29. The van der Waals surface area contributed by atoms with Crippen LogP contribution in [0.4, 0.5) is 5.69 Å². The highest BCUT2D eigenvalue weighted by atomic mass is 16.5. The fraction of sp³-hybridized carbons (Fsp3) is 0.500. The molecular formula is C12H17NO2. The Morgan fingerprint density at radius 1 is 1.53 bits per heavy atom. The lowest BCUT2D eigenvalue weighted by Crippen LogP contribution is -2.42. The van der Waals surface area contributed by atoms with Crippen LogP contribution in [0.15, 0.2) is 18.2 Å². The zero-order chi connectivity index (χ0) is 10.9. The van der Waals surface area contributed by atoms with Gasteiger partial charge in [0.05, 0.1) is 24.9 Å². The SMILES string of the molecule is COc1cccc2c1NC(C)(CO)CC2. The van der Waals surface area contributed by atoms with Gasteiger partial charge in [-0.25, -0.2) is 0 Å². The molecule has 1 unspecified atom stereocenters. The first kappa shape index (κ1) is 10.3. The minimum absolute atomic E-state index is 0.143. The van der Waals surface area contributed by atoms with Crippen LogP contribution in [0.25, 0.3) is 0 Å². The molecule has 1 aliphatic rings. The lowest BCUT2D eigenvalue weighted by molar-refractivity contribution is 0.211. The minimum atomic E-state index is -0.221. The van der Waals surface area contributed by atoms with Crippen molar-refractivity contribution in [3.05, 3.63) is 23.8 Å². The maximum Gasteiger partial charge on any atom is 0.142 e. The van der Waals surface area contributed by atoms with Gasteiger partial charge in [-0.15, -0.1) is 0 Å². The number of anilines is 1. The van der Waals surface area contributed by atoms with Gasteiger partial charge in [0.2, 0.25) is 0 Å². The molecule has 1 aliphatic heterocycles. The molecule has 0 spiro atoms. The van der Waals surface area contributed by atoms with Gasteiger partial charge in [-0.05, 0) is 31.4 Å². The Labute approximate surface area is 90.1 Å². The van der Waals surface area contributed by atoms with Gasteiger partial charge < -0.3 is 15.2 Å². The van der Waals surface area contributed by atoms with Crippen LogP contribution in [-0.2, 0) is 6.42 Å². The molecule has 82 valence electrons. The van der Waals surface area contributed by atoms with E-state index in [0.717, 1.165) is 24.3 Å². The van der Waals surface area contributed by atoms with Gasteiger partial charge in [0.25, 0.3) is 0 Å². The van der Waals surface area contributed by atoms with E-state index in [1.54, 1.807) is 7.11 Å². The third kappa shape index (κ3) is 1.79. The first-order chi connectivity index (χ1) is 7.18. The molecule has 15 heavy (non-hydrogen) atoms. The smallest absolute Gasteiger partial charge is 0.142 e. The standard InChI is InChI=1S/C12H17NO2/c1-12(8-14)7-6-9-4-3-5-10(15-2)11(9)13-12/h3-5,13-14H,6-8H2,1-2H3. The molecule has 0 aliphatic carbocycles. The van der Waals surface area contributed by atoms with Crippen LogP contribution in [0.2, 0.25) is 0 Å². The van der Waals surface area contributed by atoms with Crippen molar-refractivity contribution in [3.63, 3.8) is 0 Å². The van der Waals surface area contributed by atoms with E-state index in [1.165, 1.54) is 5.56 Å². The monoisotopic (exact) mass is 207 g/mol. The summed E-state index contributed by atoms with van der Waals surface area (Å²) in [5.41, 5.74) is 2.07. The van der Waals surface area contributed by atoms with E-state index in [1.807, 2.05) is 19.1 Å². The van der Waals surface area contributed by atoms with Crippen LogP contribution in [-0.4, -0.2) is 24.4 Å². The second-order valence-corrected chi connectivity index (χ2v) is 4.34. The predicted molar refractivity (Wildman–Crippen MR) is 60.4 cm³/mol. The Bertz CT molecular complexity index is 350. The summed E-state index contributed by atoms with van der Waals surface area (Å²) >= 11 is 0. The summed E-state index contributed by atoms with van der Waals surface area (Å²) in [7, 11) is 1.67. The first-order valence-electron chi connectivity index (χ1n) is 5.23. The molecular weight excluding hydrogens is 190 g/mol. The zero-order valence-corrected chi connectivity index (χ0v) is 9.21. The van der Waals surface area contributed by atoms with Crippen LogP contribution < -0.4 is 10.1 Å². The van der Waals surface area contributed by atoms with E-state index < -0.39 is 0 Å². The summed E-state index contributed by atoms with van der Waals surface area (Å²) in [6, 6.07) is 6.04. The van der Waals surface area contributed by atoms with E-state index in [4.69, 9.17) is 4.74 Å². The van der Waals surface area contributed by atoms with Crippen molar-refractivity contribution in [2.45, 2.75) is 25.3 Å². The topological polar surface area (TPSA) is 41.5 Å².